The van der Waals surface area contributed by atoms with Crippen molar-refractivity contribution in [3.05, 3.63) is 24.0 Å². The van der Waals surface area contributed by atoms with Crippen LogP contribution >= 0.6 is 0 Å². The number of nitrogens with one attached hydrogen (secondary N) is 1. The Labute approximate surface area is 58.1 Å². The van der Waals surface area contributed by atoms with Gasteiger partial charge in [-0.05, 0) is 18.6 Å². The molecule has 0 fully saturated rings. The Morgan fingerprint density at radius 3 is 3.20 bits per heavy atom. The van der Waals surface area contributed by atoms with E-state index in [1.54, 1.807) is 6.20 Å². The molecule has 2 rings (SSSR count). The van der Waals surface area contributed by atoms with Gasteiger partial charge in [-0.2, -0.15) is 5.10 Å². The first kappa shape index (κ1) is 5.41. The number of H-pyrrole nitrogens is 1. The van der Waals surface area contributed by atoms with E-state index >= 15 is 0 Å². The number of nitrogens with zero attached hydrogens (tertiary/aromatic N) is 2. The summed E-state index contributed by atoms with van der Waals surface area (Å²) in [6.45, 7) is 2.01. The Balaban J connectivity index is 2.95. The minimum absolute atomic E-state index is 0.931. The van der Waals surface area contributed by atoms with Gasteiger partial charge in [0, 0.05) is 6.20 Å². The van der Waals surface area contributed by atoms with Gasteiger partial charge in [0.1, 0.15) is 5.52 Å². The minimum Gasteiger partial charge on any atom is -0.360 e. The molecule has 2 aromatic heterocycles. The van der Waals surface area contributed by atoms with E-state index in [0.29, 0.717) is 0 Å². The Morgan fingerprint density at radius 2 is 2.40 bits per heavy atom. The maximum absolute atomic E-state index is 3.92. The topological polar surface area (TPSA) is 41.6 Å². The summed E-state index contributed by atoms with van der Waals surface area (Å²) in [7, 11) is 0. The van der Waals surface area contributed by atoms with E-state index in [9.17, 15) is 0 Å². The number of hydrogen-bond donors (Lipinski definition) is 1. The van der Waals surface area contributed by atoms with Gasteiger partial charge in [-0.15, -0.1) is 5.10 Å². The molecule has 0 radical (unpaired) electrons. The van der Waals surface area contributed by atoms with Gasteiger partial charge in [-0.3, -0.25) is 0 Å². The molecule has 2 heterocycles. The number of rotatable bonds is 0. The van der Waals surface area contributed by atoms with Gasteiger partial charge in [-0.25, -0.2) is 0 Å². The van der Waals surface area contributed by atoms with Gasteiger partial charge < -0.3 is 4.98 Å². The molecule has 0 bridgehead atoms. The lowest BCUT2D eigenvalue weighted by Gasteiger charge is -1.90. The van der Waals surface area contributed by atoms with Crippen molar-refractivity contribution in [1.82, 2.24) is 15.2 Å². The molecule has 0 unspecified atom stereocenters. The second-order valence-corrected chi connectivity index (χ2v) is 2.27. The van der Waals surface area contributed by atoms with Crippen molar-refractivity contribution in [1.29, 1.82) is 0 Å². The molecule has 0 saturated carbocycles. The van der Waals surface area contributed by atoms with Gasteiger partial charge in [0.2, 0.25) is 0 Å². The van der Waals surface area contributed by atoms with Crippen LogP contribution in [0.4, 0.5) is 0 Å². The molecule has 10 heavy (non-hydrogen) atoms. The Kier molecular flexibility index (Phi) is 0.974. The van der Waals surface area contributed by atoms with Crippen LogP contribution in [0.15, 0.2) is 18.5 Å². The molecule has 0 aliphatic rings. The lowest BCUT2D eigenvalue weighted by molar-refractivity contribution is 1.06. The lowest BCUT2D eigenvalue weighted by atomic mass is 10.3. The van der Waals surface area contributed by atoms with Crippen molar-refractivity contribution >= 4 is 11.0 Å². The Bertz CT molecular complexity index is 350. The van der Waals surface area contributed by atoms with Crippen molar-refractivity contribution in [3.63, 3.8) is 0 Å². The third kappa shape index (κ3) is 0.603. The van der Waals surface area contributed by atoms with E-state index in [0.717, 1.165) is 16.6 Å². The molecule has 0 aliphatic heterocycles. The summed E-state index contributed by atoms with van der Waals surface area (Å²) in [5, 5.41) is 7.74. The normalized spacial score (nSPS) is 10.5. The zero-order valence-corrected chi connectivity index (χ0v) is 5.63. The summed E-state index contributed by atoms with van der Waals surface area (Å²) >= 11 is 0. The van der Waals surface area contributed by atoms with Gasteiger partial charge in [0.15, 0.2) is 0 Å². The van der Waals surface area contributed by atoms with Crippen LogP contribution in [0, 0.1) is 6.92 Å². The van der Waals surface area contributed by atoms with Gasteiger partial charge in [0.25, 0.3) is 0 Å². The molecule has 0 spiro atoms. The molecular weight excluding hydrogens is 126 g/mol. The molecule has 2 aromatic rings. The maximum Gasteiger partial charge on any atom is 0.111 e. The number of aryl methyl sites for hydroxylation is 1. The van der Waals surface area contributed by atoms with E-state index in [1.807, 2.05) is 19.2 Å². The van der Waals surface area contributed by atoms with Crippen LogP contribution in [0.1, 0.15) is 5.56 Å². The molecule has 0 saturated heterocycles. The van der Waals surface area contributed by atoms with E-state index in [4.69, 9.17) is 0 Å². The molecule has 0 atom stereocenters. The third-order valence-corrected chi connectivity index (χ3v) is 1.54. The quantitative estimate of drug-likeness (QED) is 0.588. The average molecular weight is 133 g/mol. The number of fused-ring (bicyclic) bond motifs is 1. The zero-order chi connectivity index (χ0) is 6.97. The van der Waals surface area contributed by atoms with Crippen molar-refractivity contribution in [2.45, 2.75) is 6.92 Å². The fraction of sp³-hybridized carbons (Fsp3) is 0.143. The maximum atomic E-state index is 3.92. The van der Waals surface area contributed by atoms with E-state index in [1.165, 1.54) is 0 Å². The smallest absolute Gasteiger partial charge is 0.111 e. The van der Waals surface area contributed by atoms with Gasteiger partial charge in [-0.1, -0.05) is 0 Å². The summed E-state index contributed by atoms with van der Waals surface area (Å²) in [6.07, 6.45) is 3.62. The van der Waals surface area contributed by atoms with Gasteiger partial charge in [0.05, 0.1) is 11.7 Å². The molecule has 3 heteroatoms. The average Bonchev–Trinajstić information content (AvgIpc) is 2.36. The van der Waals surface area contributed by atoms with Crippen molar-refractivity contribution in [3.8, 4) is 0 Å². The van der Waals surface area contributed by atoms with E-state index < -0.39 is 0 Å². The summed E-state index contributed by atoms with van der Waals surface area (Å²) in [5.41, 5.74) is 3.14. The highest BCUT2D eigenvalue weighted by atomic mass is 15.1. The molecule has 1 N–H and O–H groups in total. The predicted octanol–water partition coefficient (Wildman–Crippen LogP) is 1.27. The van der Waals surface area contributed by atoms with Crippen LogP contribution in [0.5, 0.6) is 0 Å². The van der Waals surface area contributed by atoms with E-state index in [2.05, 4.69) is 15.2 Å². The first-order valence-corrected chi connectivity index (χ1v) is 3.13. The fourth-order valence-corrected chi connectivity index (χ4v) is 1.00. The highest BCUT2D eigenvalue weighted by Gasteiger charge is 1.96. The summed E-state index contributed by atoms with van der Waals surface area (Å²) < 4.78 is 0. The van der Waals surface area contributed by atoms with Crippen LogP contribution in [0.25, 0.3) is 11.0 Å². The minimum atomic E-state index is 0.931. The second kappa shape index (κ2) is 1.80. The summed E-state index contributed by atoms with van der Waals surface area (Å²) in [5.74, 6) is 0. The number of hydrogen-bond acceptors (Lipinski definition) is 2. The zero-order valence-electron chi connectivity index (χ0n) is 5.63. The summed E-state index contributed by atoms with van der Waals surface area (Å²) in [4.78, 5) is 3.09. The van der Waals surface area contributed by atoms with Crippen LogP contribution < -0.4 is 0 Å². The standard InChI is InChI=1S/C7H7N3/c1-5-4-9-10-6-2-3-8-7(5)6/h2-4,8H,1H3. The SMILES string of the molecule is Cc1cnnc2cc[nH]c12. The Morgan fingerprint density at radius 1 is 1.50 bits per heavy atom. The first-order valence-electron chi connectivity index (χ1n) is 3.13. The predicted molar refractivity (Wildman–Crippen MR) is 38.6 cm³/mol. The highest BCUT2D eigenvalue weighted by Crippen LogP contribution is 2.10. The monoisotopic (exact) mass is 133 g/mol. The molecular formula is C7H7N3. The van der Waals surface area contributed by atoms with Crippen molar-refractivity contribution < 1.29 is 0 Å². The largest absolute Gasteiger partial charge is 0.360 e. The lowest BCUT2D eigenvalue weighted by Crippen LogP contribution is -1.83. The Hall–Kier alpha value is -1.38. The molecule has 0 aromatic carbocycles. The first-order chi connectivity index (χ1) is 4.88. The molecule has 0 aliphatic carbocycles. The van der Waals surface area contributed by atoms with Crippen LogP contribution in [-0.4, -0.2) is 15.2 Å². The fourth-order valence-electron chi connectivity index (χ4n) is 1.00. The van der Waals surface area contributed by atoms with Crippen LogP contribution in [0.2, 0.25) is 0 Å². The van der Waals surface area contributed by atoms with E-state index in [-0.39, 0.29) is 0 Å². The van der Waals surface area contributed by atoms with Crippen LogP contribution in [-0.2, 0) is 0 Å². The highest BCUT2D eigenvalue weighted by molar-refractivity contribution is 5.76. The van der Waals surface area contributed by atoms with Crippen LogP contribution in [0.3, 0.4) is 0 Å². The molecule has 50 valence electrons. The number of aromatic amines is 1. The van der Waals surface area contributed by atoms with Gasteiger partial charge >= 0.3 is 0 Å². The van der Waals surface area contributed by atoms with Crippen molar-refractivity contribution in [2.75, 3.05) is 0 Å². The molecule has 3 nitrogen and oxygen atoms in total. The number of aromatic nitrogens is 3. The third-order valence-electron chi connectivity index (χ3n) is 1.54. The summed E-state index contributed by atoms with van der Waals surface area (Å²) in [6, 6.07) is 1.91. The van der Waals surface area contributed by atoms with Crippen molar-refractivity contribution in [2.24, 2.45) is 0 Å². The second-order valence-electron chi connectivity index (χ2n) is 2.27. The molecule has 0 amide bonds.